The lowest BCUT2D eigenvalue weighted by atomic mass is 10.1. The Balaban J connectivity index is 1.53. The van der Waals surface area contributed by atoms with E-state index in [1.807, 2.05) is 0 Å². The number of hydrogen-bond donors (Lipinski definition) is 0. The van der Waals surface area contributed by atoms with E-state index < -0.39 is 0 Å². The van der Waals surface area contributed by atoms with E-state index >= 15 is 0 Å². The summed E-state index contributed by atoms with van der Waals surface area (Å²) in [5, 5.41) is 0. The molecule has 6 nitrogen and oxygen atoms in total. The summed E-state index contributed by atoms with van der Waals surface area (Å²) < 4.78 is 0. The fraction of sp³-hybridized carbons (Fsp3) is 0.412. The van der Waals surface area contributed by atoms with Crippen molar-refractivity contribution in [2.45, 2.75) is 26.2 Å². The van der Waals surface area contributed by atoms with Gasteiger partial charge in [-0.15, -0.1) is 0 Å². The lowest BCUT2D eigenvalue weighted by molar-refractivity contribution is -0.139. The first kappa shape index (κ1) is 15.4. The predicted octanol–water partition coefficient (Wildman–Crippen LogP) is 1.46. The van der Waals surface area contributed by atoms with Crippen LogP contribution in [-0.2, 0) is 9.59 Å². The molecule has 1 fully saturated rings. The fourth-order valence-corrected chi connectivity index (χ4v) is 3.07. The highest BCUT2D eigenvalue weighted by Gasteiger charge is 2.36. The van der Waals surface area contributed by atoms with Gasteiger partial charge in [0.1, 0.15) is 0 Å². The largest absolute Gasteiger partial charge is 0.282 e. The minimum absolute atomic E-state index is 0.129. The van der Waals surface area contributed by atoms with Crippen LogP contribution in [0.5, 0.6) is 0 Å². The first-order valence-corrected chi connectivity index (χ1v) is 7.80. The number of unbranched alkanes of at least 4 members (excludes halogenated alkanes) is 1. The molecule has 0 spiro atoms. The van der Waals surface area contributed by atoms with Crippen molar-refractivity contribution in [2.24, 2.45) is 5.92 Å². The first-order valence-electron chi connectivity index (χ1n) is 7.80. The summed E-state index contributed by atoms with van der Waals surface area (Å²) in [6.45, 7) is 2.41. The minimum atomic E-state index is -0.271. The van der Waals surface area contributed by atoms with E-state index in [0.29, 0.717) is 37.1 Å². The Bertz CT molecular complexity index is 663. The Labute approximate surface area is 134 Å². The van der Waals surface area contributed by atoms with Gasteiger partial charge >= 0.3 is 0 Å². The number of benzene rings is 1. The van der Waals surface area contributed by atoms with Crippen LogP contribution in [0.1, 0.15) is 46.9 Å². The molecule has 0 N–H and O–H groups in total. The van der Waals surface area contributed by atoms with Gasteiger partial charge < -0.3 is 0 Å². The van der Waals surface area contributed by atoms with Gasteiger partial charge in [0, 0.05) is 25.4 Å². The number of carbonyl (C=O) groups excluding carboxylic acids is 4. The molecule has 0 saturated carbocycles. The molecule has 1 unspecified atom stereocenters. The van der Waals surface area contributed by atoms with E-state index in [9.17, 15) is 19.2 Å². The van der Waals surface area contributed by atoms with Crippen molar-refractivity contribution >= 4 is 23.6 Å². The van der Waals surface area contributed by atoms with Crippen LogP contribution in [0.15, 0.2) is 24.3 Å². The van der Waals surface area contributed by atoms with Gasteiger partial charge in [-0.1, -0.05) is 19.1 Å². The average molecular weight is 314 g/mol. The van der Waals surface area contributed by atoms with Crippen molar-refractivity contribution < 1.29 is 19.2 Å². The van der Waals surface area contributed by atoms with Gasteiger partial charge in [-0.3, -0.25) is 29.0 Å². The second kappa shape index (κ2) is 5.95. The zero-order chi connectivity index (χ0) is 16.6. The molecular weight excluding hydrogens is 296 g/mol. The summed E-state index contributed by atoms with van der Waals surface area (Å²) in [6.07, 6.45) is 1.42. The molecule has 2 heterocycles. The Morgan fingerprint density at radius 3 is 1.91 bits per heavy atom. The molecule has 23 heavy (non-hydrogen) atoms. The molecule has 2 aliphatic heterocycles. The molecule has 1 saturated heterocycles. The first-order chi connectivity index (χ1) is 11.0. The van der Waals surface area contributed by atoms with Crippen LogP contribution in [0.25, 0.3) is 0 Å². The average Bonchev–Trinajstić information content (AvgIpc) is 2.93. The Hall–Kier alpha value is -2.50. The van der Waals surface area contributed by atoms with E-state index in [0.717, 1.165) is 0 Å². The topological polar surface area (TPSA) is 74.8 Å². The normalized spacial score (nSPS) is 20.7. The van der Waals surface area contributed by atoms with Crippen LogP contribution in [0.3, 0.4) is 0 Å². The van der Waals surface area contributed by atoms with Crippen LogP contribution < -0.4 is 0 Å². The summed E-state index contributed by atoms with van der Waals surface area (Å²) >= 11 is 0. The quantitative estimate of drug-likeness (QED) is 0.609. The second-order valence-corrected chi connectivity index (χ2v) is 6.00. The fourth-order valence-electron chi connectivity index (χ4n) is 3.07. The zero-order valence-corrected chi connectivity index (χ0v) is 12.9. The van der Waals surface area contributed by atoms with Crippen molar-refractivity contribution in [1.29, 1.82) is 0 Å². The van der Waals surface area contributed by atoms with Gasteiger partial charge in [0.2, 0.25) is 11.8 Å². The van der Waals surface area contributed by atoms with Crippen molar-refractivity contribution in [2.75, 3.05) is 13.1 Å². The molecule has 0 radical (unpaired) electrons. The van der Waals surface area contributed by atoms with E-state index in [2.05, 4.69) is 0 Å². The molecular formula is C17H18N2O4. The third-order valence-electron chi connectivity index (χ3n) is 4.36. The van der Waals surface area contributed by atoms with E-state index in [1.54, 1.807) is 31.2 Å². The summed E-state index contributed by atoms with van der Waals surface area (Å²) in [7, 11) is 0. The van der Waals surface area contributed by atoms with Crippen LogP contribution in [0, 0.1) is 5.92 Å². The highest BCUT2D eigenvalue weighted by atomic mass is 16.2. The van der Waals surface area contributed by atoms with Crippen LogP contribution in [0.2, 0.25) is 0 Å². The van der Waals surface area contributed by atoms with Gasteiger partial charge in [-0.2, -0.15) is 0 Å². The summed E-state index contributed by atoms with van der Waals surface area (Å²) in [6, 6.07) is 6.77. The SMILES string of the molecule is CC1CC(=O)N(CCCCN2C(=O)c3ccccc3C2=O)C1=O. The van der Waals surface area contributed by atoms with Gasteiger partial charge in [-0.25, -0.2) is 0 Å². The van der Waals surface area contributed by atoms with Crippen molar-refractivity contribution in [3.05, 3.63) is 35.4 Å². The van der Waals surface area contributed by atoms with Crippen molar-refractivity contribution in [3.8, 4) is 0 Å². The molecule has 1 atom stereocenters. The molecule has 4 amide bonds. The minimum Gasteiger partial charge on any atom is -0.282 e. The number of rotatable bonds is 5. The van der Waals surface area contributed by atoms with Crippen LogP contribution >= 0.6 is 0 Å². The Morgan fingerprint density at radius 2 is 1.43 bits per heavy atom. The van der Waals surface area contributed by atoms with Crippen LogP contribution in [-0.4, -0.2) is 46.5 Å². The van der Waals surface area contributed by atoms with Crippen LogP contribution in [0.4, 0.5) is 0 Å². The Kier molecular flexibility index (Phi) is 3.98. The number of hydrogen-bond acceptors (Lipinski definition) is 4. The molecule has 1 aromatic rings. The lowest BCUT2D eigenvalue weighted by Crippen LogP contribution is -2.33. The highest BCUT2D eigenvalue weighted by Crippen LogP contribution is 2.23. The van der Waals surface area contributed by atoms with Crippen molar-refractivity contribution in [3.63, 3.8) is 0 Å². The highest BCUT2D eigenvalue weighted by molar-refractivity contribution is 6.21. The number of amides is 4. The third-order valence-corrected chi connectivity index (χ3v) is 4.36. The Morgan fingerprint density at radius 1 is 0.913 bits per heavy atom. The number of nitrogens with zero attached hydrogens (tertiary/aromatic N) is 2. The van der Waals surface area contributed by atoms with Gasteiger partial charge in [0.25, 0.3) is 11.8 Å². The van der Waals surface area contributed by atoms with Crippen molar-refractivity contribution in [1.82, 2.24) is 9.80 Å². The maximum atomic E-state index is 12.2. The van der Waals surface area contributed by atoms with Gasteiger partial charge in [-0.05, 0) is 25.0 Å². The molecule has 0 aromatic heterocycles. The van der Waals surface area contributed by atoms with Gasteiger partial charge in [0.15, 0.2) is 0 Å². The molecule has 120 valence electrons. The number of imide groups is 2. The monoisotopic (exact) mass is 314 g/mol. The predicted molar refractivity (Wildman–Crippen MR) is 81.5 cm³/mol. The maximum Gasteiger partial charge on any atom is 0.261 e. The lowest BCUT2D eigenvalue weighted by Gasteiger charge is -2.16. The summed E-state index contributed by atoms with van der Waals surface area (Å²) in [5.74, 6) is -1.04. The maximum absolute atomic E-state index is 12.2. The molecule has 1 aromatic carbocycles. The number of carbonyl (C=O) groups is 4. The molecule has 2 aliphatic rings. The van der Waals surface area contributed by atoms with E-state index in [-0.39, 0.29) is 36.0 Å². The zero-order valence-electron chi connectivity index (χ0n) is 12.9. The molecule has 6 heteroatoms. The van der Waals surface area contributed by atoms with E-state index in [1.165, 1.54) is 9.80 Å². The third kappa shape index (κ3) is 2.65. The second-order valence-electron chi connectivity index (χ2n) is 6.00. The number of likely N-dealkylation sites (tertiary alicyclic amines) is 1. The summed E-state index contributed by atoms with van der Waals surface area (Å²) in [5.41, 5.74) is 0.882. The molecule has 0 aliphatic carbocycles. The smallest absolute Gasteiger partial charge is 0.261 e. The molecule has 3 rings (SSSR count). The van der Waals surface area contributed by atoms with E-state index in [4.69, 9.17) is 0 Å². The number of fused-ring (bicyclic) bond motifs is 1. The standard InChI is InChI=1S/C17H18N2O4/c1-11-10-14(20)18(15(11)21)8-4-5-9-19-16(22)12-6-2-3-7-13(12)17(19)23/h2-3,6-7,11H,4-5,8-10H2,1H3. The van der Waals surface area contributed by atoms with Gasteiger partial charge in [0.05, 0.1) is 11.1 Å². The summed E-state index contributed by atoms with van der Waals surface area (Å²) in [4.78, 5) is 50.4. The molecule has 0 bridgehead atoms.